The number of pyridine rings is 2. The summed E-state index contributed by atoms with van der Waals surface area (Å²) in [6.07, 6.45) is 3.73. The fraction of sp³-hybridized carbons (Fsp3) is 0.152. The van der Waals surface area contributed by atoms with E-state index in [0.29, 0.717) is 0 Å². The molecule has 38 heavy (non-hydrogen) atoms. The van der Waals surface area contributed by atoms with E-state index in [0.717, 1.165) is 44.5 Å². The van der Waals surface area contributed by atoms with Gasteiger partial charge in [0.25, 0.3) is 0 Å². The van der Waals surface area contributed by atoms with Crippen molar-refractivity contribution >= 4 is 35.2 Å². The molecule has 0 saturated heterocycles. The molecule has 0 aliphatic carbocycles. The molecule has 5 heteroatoms. The molecule has 0 amide bonds. The van der Waals surface area contributed by atoms with Crippen molar-refractivity contribution in [3.8, 4) is 22.5 Å². The first kappa shape index (κ1) is 27.7. The minimum Gasteiger partial charge on any atom is -0.464 e. The maximum absolute atomic E-state index is 6.09. The Hall–Kier alpha value is -3.37. The van der Waals surface area contributed by atoms with Crippen LogP contribution in [0.4, 0.5) is 0 Å². The molecule has 193 valence electrons. The van der Waals surface area contributed by atoms with Gasteiger partial charge in [0.05, 0.1) is 8.07 Å². The van der Waals surface area contributed by atoms with Crippen LogP contribution in [0.5, 0.6) is 0 Å². The molecule has 1 radical (unpaired) electrons. The Morgan fingerprint density at radius 1 is 0.737 bits per heavy atom. The number of furan rings is 1. The molecule has 3 nitrogen and oxygen atoms in total. The van der Waals surface area contributed by atoms with Crippen LogP contribution in [-0.4, -0.2) is 18.0 Å². The van der Waals surface area contributed by atoms with Crippen LogP contribution in [-0.2, 0) is 20.1 Å². The SMILES string of the molecule is C[Si](C)(C)c1[c-]c(-c2nccc3c2oc2ccccc23)ccc1.Cc1c[c-]c(-c2ccc(C)cn2)cc1.[Ir]. The van der Waals surface area contributed by atoms with Crippen molar-refractivity contribution in [2.24, 2.45) is 0 Å². The molecule has 0 spiro atoms. The molecule has 0 N–H and O–H groups in total. The molecular formula is C33H30IrN2OSi-2. The number of rotatable bonds is 3. The molecule has 0 atom stereocenters. The molecular weight excluding hydrogens is 661 g/mol. The summed E-state index contributed by atoms with van der Waals surface area (Å²) in [6.45, 7) is 11.1. The fourth-order valence-corrected chi connectivity index (χ4v) is 5.28. The Morgan fingerprint density at radius 3 is 2.24 bits per heavy atom. The van der Waals surface area contributed by atoms with Gasteiger partial charge >= 0.3 is 0 Å². The zero-order valence-corrected chi connectivity index (χ0v) is 25.7. The summed E-state index contributed by atoms with van der Waals surface area (Å²) in [5, 5.41) is 3.55. The van der Waals surface area contributed by atoms with Crippen molar-refractivity contribution in [3.05, 3.63) is 115 Å². The van der Waals surface area contributed by atoms with E-state index in [9.17, 15) is 0 Å². The fourth-order valence-electron chi connectivity index (χ4n) is 4.18. The van der Waals surface area contributed by atoms with Gasteiger partial charge in [0, 0.05) is 49.0 Å². The van der Waals surface area contributed by atoms with Gasteiger partial charge in [0.2, 0.25) is 0 Å². The van der Waals surface area contributed by atoms with Crippen molar-refractivity contribution in [2.75, 3.05) is 0 Å². The van der Waals surface area contributed by atoms with Gasteiger partial charge in [-0.1, -0.05) is 56.9 Å². The van der Waals surface area contributed by atoms with Gasteiger partial charge in [-0.2, -0.15) is 0 Å². The summed E-state index contributed by atoms with van der Waals surface area (Å²) < 4.78 is 6.09. The summed E-state index contributed by atoms with van der Waals surface area (Å²) in [5.41, 5.74) is 8.07. The van der Waals surface area contributed by atoms with Crippen LogP contribution < -0.4 is 5.19 Å². The van der Waals surface area contributed by atoms with Crippen LogP contribution in [0.2, 0.25) is 19.6 Å². The third kappa shape index (κ3) is 6.02. The molecule has 3 aromatic carbocycles. The van der Waals surface area contributed by atoms with Gasteiger partial charge in [0.15, 0.2) is 0 Å². The molecule has 0 bridgehead atoms. The predicted octanol–water partition coefficient (Wildman–Crippen LogP) is 8.16. The van der Waals surface area contributed by atoms with Gasteiger partial charge in [-0.05, 0) is 30.3 Å². The Bertz CT molecular complexity index is 1620. The number of aryl methyl sites for hydroxylation is 2. The van der Waals surface area contributed by atoms with E-state index in [-0.39, 0.29) is 20.1 Å². The average Bonchev–Trinajstić information content (AvgIpc) is 3.29. The van der Waals surface area contributed by atoms with E-state index < -0.39 is 8.07 Å². The van der Waals surface area contributed by atoms with Crippen LogP contribution in [0.3, 0.4) is 0 Å². The molecule has 0 aliphatic rings. The number of benzene rings is 3. The van der Waals surface area contributed by atoms with E-state index in [2.05, 4.69) is 85.1 Å². The molecule has 0 fully saturated rings. The zero-order chi connectivity index (χ0) is 26.0. The van der Waals surface area contributed by atoms with Crippen molar-refractivity contribution in [1.29, 1.82) is 0 Å². The van der Waals surface area contributed by atoms with Crippen LogP contribution in [0.1, 0.15) is 11.1 Å². The van der Waals surface area contributed by atoms with Crippen molar-refractivity contribution in [1.82, 2.24) is 9.97 Å². The van der Waals surface area contributed by atoms with Crippen LogP contribution >= 0.6 is 0 Å². The minimum absolute atomic E-state index is 0. The summed E-state index contributed by atoms with van der Waals surface area (Å²) in [6, 6.07) is 33.5. The molecule has 3 heterocycles. The summed E-state index contributed by atoms with van der Waals surface area (Å²) in [5.74, 6) is 0. The largest absolute Gasteiger partial charge is 0.464 e. The number of fused-ring (bicyclic) bond motifs is 3. The van der Waals surface area contributed by atoms with Crippen LogP contribution in [0, 0.1) is 26.0 Å². The maximum Gasteiger partial charge on any atom is 0.134 e. The number of hydrogen-bond donors (Lipinski definition) is 0. The first-order chi connectivity index (χ1) is 17.8. The smallest absolute Gasteiger partial charge is 0.134 e. The van der Waals surface area contributed by atoms with Gasteiger partial charge < -0.3 is 14.4 Å². The van der Waals surface area contributed by atoms with Crippen molar-refractivity contribution < 1.29 is 24.5 Å². The second kappa shape index (κ2) is 11.6. The monoisotopic (exact) mass is 691 g/mol. The average molecular weight is 691 g/mol. The maximum atomic E-state index is 6.09. The van der Waals surface area contributed by atoms with Crippen molar-refractivity contribution in [2.45, 2.75) is 33.5 Å². The third-order valence-corrected chi connectivity index (χ3v) is 8.22. The number of para-hydroxylation sites is 1. The molecule has 6 aromatic rings. The van der Waals surface area contributed by atoms with Gasteiger partial charge in [-0.25, -0.2) is 0 Å². The zero-order valence-electron chi connectivity index (χ0n) is 22.3. The van der Waals surface area contributed by atoms with Crippen LogP contribution in [0.15, 0.2) is 95.7 Å². The second-order valence-corrected chi connectivity index (χ2v) is 15.4. The number of nitrogens with zero attached hydrogens (tertiary/aromatic N) is 2. The van der Waals surface area contributed by atoms with E-state index in [1.165, 1.54) is 16.3 Å². The van der Waals surface area contributed by atoms with E-state index in [1.54, 1.807) is 0 Å². The third-order valence-electron chi connectivity index (χ3n) is 6.31. The molecule has 6 rings (SSSR count). The summed E-state index contributed by atoms with van der Waals surface area (Å²) in [4.78, 5) is 8.93. The van der Waals surface area contributed by atoms with Gasteiger partial charge in [-0.3, -0.25) is 0 Å². The molecule has 3 aromatic heterocycles. The number of hydrogen-bond acceptors (Lipinski definition) is 3. The van der Waals surface area contributed by atoms with Gasteiger partial charge in [-0.15, -0.1) is 70.4 Å². The second-order valence-electron chi connectivity index (χ2n) is 10.4. The quantitative estimate of drug-likeness (QED) is 0.139. The molecule has 0 aliphatic heterocycles. The van der Waals surface area contributed by atoms with Crippen molar-refractivity contribution in [3.63, 3.8) is 0 Å². The Labute approximate surface area is 239 Å². The molecule has 0 saturated carbocycles. The first-order valence-corrected chi connectivity index (χ1v) is 16.0. The van der Waals surface area contributed by atoms with Gasteiger partial charge in [0.1, 0.15) is 11.2 Å². The Balaban J connectivity index is 0.000000193. The first-order valence-electron chi connectivity index (χ1n) is 12.5. The summed E-state index contributed by atoms with van der Waals surface area (Å²) in [7, 11) is -1.41. The topological polar surface area (TPSA) is 38.9 Å². The Kier molecular flexibility index (Phi) is 8.42. The molecule has 0 unspecified atom stereocenters. The summed E-state index contributed by atoms with van der Waals surface area (Å²) >= 11 is 0. The van der Waals surface area contributed by atoms with Crippen LogP contribution in [0.25, 0.3) is 44.5 Å². The normalized spacial score (nSPS) is 11.1. The van der Waals surface area contributed by atoms with E-state index in [4.69, 9.17) is 4.42 Å². The predicted molar refractivity (Wildman–Crippen MR) is 157 cm³/mol. The van der Waals surface area contributed by atoms with E-state index in [1.807, 2.05) is 61.8 Å². The minimum atomic E-state index is -1.41. The Morgan fingerprint density at radius 2 is 1.53 bits per heavy atom. The number of aromatic nitrogens is 2. The van der Waals surface area contributed by atoms with E-state index >= 15 is 0 Å². The standard InChI is InChI=1S/C20H18NOSi.C13H12N.Ir/c1-23(2,3)15-8-6-7-14(13-15)19-20-17(11-12-21-19)16-9-4-5-10-18(16)22-20;1-10-3-6-12(7-4-10)13-8-5-11(2)9-14-13;/h4-12H,1-3H3;3-6,8-9H,1-2H3;/q2*-1;.